The Labute approximate surface area is 154 Å². The van der Waals surface area contributed by atoms with Crippen LogP contribution in [0.5, 0.6) is 0 Å². The van der Waals surface area contributed by atoms with Gasteiger partial charge >= 0.3 is 0 Å². The molecule has 0 radical (unpaired) electrons. The van der Waals surface area contributed by atoms with Crippen LogP contribution in [0.15, 0.2) is 36.4 Å². The van der Waals surface area contributed by atoms with Crippen LogP contribution in [-0.4, -0.2) is 17.4 Å². The van der Waals surface area contributed by atoms with E-state index >= 15 is 0 Å². The summed E-state index contributed by atoms with van der Waals surface area (Å²) in [6.45, 7) is 8.57. The van der Waals surface area contributed by atoms with Gasteiger partial charge in [-0.2, -0.15) is 5.26 Å². The highest BCUT2D eigenvalue weighted by molar-refractivity contribution is 6.08. The van der Waals surface area contributed by atoms with Crippen molar-refractivity contribution in [2.24, 2.45) is 0 Å². The van der Waals surface area contributed by atoms with Crippen LogP contribution in [0.1, 0.15) is 39.2 Å². The summed E-state index contributed by atoms with van der Waals surface area (Å²) >= 11 is 0. The lowest BCUT2D eigenvalue weighted by atomic mass is 10.1. The van der Waals surface area contributed by atoms with Gasteiger partial charge in [0.15, 0.2) is 0 Å². The van der Waals surface area contributed by atoms with Crippen LogP contribution in [-0.2, 0) is 0 Å². The van der Waals surface area contributed by atoms with E-state index in [4.69, 9.17) is 5.26 Å². The number of nitriles is 1. The fourth-order valence-electron chi connectivity index (χ4n) is 3.12. The van der Waals surface area contributed by atoms with Crippen LogP contribution in [0.3, 0.4) is 0 Å². The highest BCUT2D eigenvalue weighted by Gasteiger charge is 2.20. The number of nitrogens with zero attached hydrogens (tertiary/aromatic N) is 2. The molecule has 1 N–H and O–H groups in total. The van der Waals surface area contributed by atoms with Gasteiger partial charge in [0.2, 0.25) is 0 Å². The Balaban J connectivity index is 2.03. The van der Waals surface area contributed by atoms with Gasteiger partial charge in [-0.25, -0.2) is 0 Å². The molecule has 0 unspecified atom stereocenters. The van der Waals surface area contributed by atoms with E-state index in [1.165, 1.54) is 16.7 Å². The zero-order chi connectivity index (χ0) is 18.8. The van der Waals surface area contributed by atoms with Crippen molar-refractivity contribution in [1.82, 2.24) is 4.98 Å². The van der Waals surface area contributed by atoms with Gasteiger partial charge in [0.05, 0.1) is 12.5 Å². The second-order valence-corrected chi connectivity index (χ2v) is 6.79. The summed E-state index contributed by atoms with van der Waals surface area (Å²) in [5, 5.41) is 10.1. The number of rotatable bonds is 4. The Morgan fingerprint density at radius 1 is 1.04 bits per heavy atom. The third kappa shape index (κ3) is 3.21. The van der Waals surface area contributed by atoms with Crippen LogP contribution in [0.4, 0.5) is 5.69 Å². The number of benzene rings is 2. The molecule has 1 aromatic heterocycles. The van der Waals surface area contributed by atoms with Gasteiger partial charge in [-0.1, -0.05) is 12.1 Å². The summed E-state index contributed by atoms with van der Waals surface area (Å²) in [4.78, 5) is 18.1. The second kappa shape index (κ2) is 7.05. The summed E-state index contributed by atoms with van der Waals surface area (Å²) in [5.41, 5.74) is 7.00. The minimum atomic E-state index is -0.114. The van der Waals surface area contributed by atoms with Gasteiger partial charge in [0, 0.05) is 23.1 Å². The summed E-state index contributed by atoms with van der Waals surface area (Å²) in [7, 11) is 0. The predicted octanol–water partition coefficient (Wildman–Crippen LogP) is 4.96. The number of aromatic amines is 1. The van der Waals surface area contributed by atoms with Crippen LogP contribution >= 0.6 is 0 Å². The van der Waals surface area contributed by atoms with Crippen LogP contribution in [0.2, 0.25) is 0 Å². The molecule has 4 nitrogen and oxygen atoms in total. The van der Waals surface area contributed by atoms with Gasteiger partial charge in [-0.3, -0.25) is 4.79 Å². The zero-order valence-corrected chi connectivity index (χ0v) is 15.7. The zero-order valence-electron chi connectivity index (χ0n) is 15.7. The summed E-state index contributed by atoms with van der Waals surface area (Å²) in [6.07, 6.45) is 0.289. The molecule has 0 atom stereocenters. The SMILES string of the molecule is Cc1ccc(N(CCC#N)C(=O)c2cc3c(C)c(C)ccc3[nH]2)cc1C. The molecule has 26 heavy (non-hydrogen) atoms. The van der Waals surface area contributed by atoms with E-state index in [9.17, 15) is 4.79 Å². The molecule has 2 aromatic carbocycles. The lowest BCUT2D eigenvalue weighted by Crippen LogP contribution is -2.32. The first-order valence-corrected chi connectivity index (χ1v) is 8.77. The normalized spacial score (nSPS) is 10.7. The van der Waals surface area contributed by atoms with Crippen molar-refractivity contribution in [3.63, 3.8) is 0 Å². The number of fused-ring (bicyclic) bond motifs is 1. The Bertz CT molecular complexity index is 1020. The lowest BCUT2D eigenvalue weighted by Gasteiger charge is -2.22. The Hall–Kier alpha value is -3.06. The van der Waals surface area contributed by atoms with E-state index < -0.39 is 0 Å². The fourth-order valence-corrected chi connectivity index (χ4v) is 3.12. The average Bonchev–Trinajstić information content (AvgIpc) is 3.06. The minimum Gasteiger partial charge on any atom is -0.351 e. The number of amides is 1. The molecule has 0 bridgehead atoms. The largest absolute Gasteiger partial charge is 0.351 e. The number of hydrogen-bond donors (Lipinski definition) is 1. The second-order valence-electron chi connectivity index (χ2n) is 6.79. The summed E-state index contributed by atoms with van der Waals surface area (Å²) in [6, 6.07) is 14.1. The van der Waals surface area contributed by atoms with Crippen molar-refractivity contribution in [2.75, 3.05) is 11.4 Å². The van der Waals surface area contributed by atoms with Crippen LogP contribution < -0.4 is 4.90 Å². The number of nitrogens with one attached hydrogen (secondary N) is 1. The van der Waals surface area contributed by atoms with Crippen molar-refractivity contribution in [3.05, 3.63) is 64.3 Å². The summed E-state index contributed by atoms with van der Waals surface area (Å²) < 4.78 is 0. The number of hydrogen-bond acceptors (Lipinski definition) is 2. The summed E-state index contributed by atoms with van der Waals surface area (Å²) in [5.74, 6) is -0.114. The molecule has 132 valence electrons. The molecule has 3 rings (SSSR count). The van der Waals surface area contributed by atoms with E-state index in [-0.39, 0.29) is 12.3 Å². The van der Waals surface area contributed by atoms with Gasteiger partial charge in [0.1, 0.15) is 5.69 Å². The van der Waals surface area contributed by atoms with Crippen molar-refractivity contribution in [2.45, 2.75) is 34.1 Å². The molecule has 0 saturated heterocycles. The van der Waals surface area contributed by atoms with Crippen LogP contribution in [0.25, 0.3) is 10.9 Å². The molecule has 1 heterocycles. The Morgan fingerprint density at radius 2 is 1.77 bits per heavy atom. The van der Waals surface area contributed by atoms with Crippen molar-refractivity contribution in [3.8, 4) is 6.07 Å². The molecule has 0 aliphatic heterocycles. The topological polar surface area (TPSA) is 59.9 Å². The van der Waals surface area contributed by atoms with Gasteiger partial charge < -0.3 is 9.88 Å². The van der Waals surface area contributed by atoms with Crippen molar-refractivity contribution in [1.29, 1.82) is 5.26 Å². The molecule has 0 saturated carbocycles. The number of H-pyrrole nitrogens is 1. The molecular formula is C22H23N3O. The van der Waals surface area contributed by atoms with Gasteiger partial charge in [-0.15, -0.1) is 0 Å². The number of aryl methyl sites for hydroxylation is 4. The fraction of sp³-hybridized carbons (Fsp3) is 0.273. The first-order chi connectivity index (χ1) is 12.4. The quantitative estimate of drug-likeness (QED) is 0.726. The van der Waals surface area contributed by atoms with E-state index in [0.717, 1.165) is 22.2 Å². The lowest BCUT2D eigenvalue weighted by molar-refractivity contribution is 0.0983. The third-order valence-electron chi connectivity index (χ3n) is 5.07. The monoisotopic (exact) mass is 345 g/mol. The molecular weight excluding hydrogens is 322 g/mol. The highest BCUT2D eigenvalue weighted by atomic mass is 16.2. The van der Waals surface area contributed by atoms with Crippen LogP contribution in [0, 0.1) is 39.0 Å². The number of carbonyl (C=O) groups excluding carboxylic acids is 1. The molecule has 0 aliphatic carbocycles. The average molecular weight is 345 g/mol. The maximum Gasteiger partial charge on any atom is 0.274 e. The number of carbonyl (C=O) groups is 1. The van der Waals surface area contributed by atoms with E-state index in [1.54, 1.807) is 4.90 Å². The molecule has 0 fully saturated rings. The number of aromatic nitrogens is 1. The smallest absolute Gasteiger partial charge is 0.274 e. The first kappa shape index (κ1) is 17.8. The van der Waals surface area contributed by atoms with Gasteiger partial charge in [0.25, 0.3) is 5.91 Å². The minimum absolute atomic E-state index is 0.114. The van der Waals surface area contributed by atoms with E-state index in [2.05, 4.69) is 31.0 Å². The number of anilines is 1. The van der Waals surface area contributed by atoms with Gasteiger partial charge in [-0.05, 0) is 74.2 Å². The molecule has 0 spiro atoms. The van der Waals surface area contributed by atoms with E-state index in [1.807, 2.05) is 44.2 Å². The maximum absolute atomic E-state index is 13.2. The highest BCUT2D eigenvalue weighted by Crippen LogP contribution is 2.25. The molecule has 0 aliphatic rings. The maximum atomic E-state index is 13.2. The first-order valence-electron chi connectivity index (χ1n) is 8.77. The molecule has 3 aromatic rings. The third-order valence-corrected chi connectivity index (χ3v) is 5.07. The van der Waals surface area contributed by atoms with Crippen molar-refractivity contribution < 1.29 is 4.79 Å². The standard InChI is InChI=1S/C22H23N3O/c1-14-6-8-18(12-16(14)3)25(11-5-10-23)22(26)21-13-19-17(4)15(2)7-9-20(19)24-21/h6-9,12-13,24H,5,11H2,1-4H3. The Kier molecular flexibility index (Phi) is 4.81. The Morgan fingerprint density at radius 3 is 2.46 bits per heavy atom. The van der Waals surface area contributed by atoms with E-state index in [0.29, 0.717) is 12.2 Å². The van der Waals surface area contributed by atoms with Crippen molar-refractivity contribution >= 4 is 22.5 Å². The predicted molar refractivity (Wildman–Crippen MR) is 106 cm³/mol. The molecule has 4 heteroatoms. The molecule has 1 amide bonds.